The molecule has 344 valence electrons. The summed E-state index contributed by atoms with van der Waals surface area (Å²) < 4.78 is 11.2. The van der Waals surface area contributed by atoms with E-state index in [0.717, 1.165) is 64.2 Å². The fourth-order valence-corrected chi connectivity index (χ4v) is 7.53. The van der Waals surface area contributed by atoms with Gasteiger partial charge in [0.05, 0.1) is 13.2 Å². The predicted octanol–water partition coefficient (Wildman–Crippen LogP) is 17.6. The number of hydrogen-bond acceptors (Lipinski definition) is 4. The lowest BCUT2D eigenvalue weighted by Crippen LogP contribution is -2.27. The second kappa shape index (κ2) is 52.2. The molecule has 0 saturated carbocycles. The zero-order chi connectivity index (χ0) is 42.6. The van der Waals surface area contributed by atoms with Crippen LogP contribution in [0.2, 0.25) is 0 Å². The van der Waals surface area contributed by atoms with Gasteiger partial charge in [-0.1, -0.05) is 254 Å². The maximum atomic E-state index is 12.3. The molecule has 0 bridgehead atoms. The van der Waals surface area contributed by atoms with E-state index in [9.17, 15) is 9.90 Å². The molecule has 59 heavy (non-hydrogen) atoms. The minimum atomic E-state index is -0.544. The highest BCUT2D eigenvalue weighted by Gasteiger charge is 2.13. The summed E-state index contributed by atoms with van der Waals surface area (Å²) in [6.07, 6.45) is 70.3. The van der Waals surface area contributed by atoms with E-state index in [1.165, 1.54) is 173 Å². The van der Waals surface area contributed by atoms with Crippen molar-refractivity contribution in [3.63, 3.8) is 0 Å². The van der Waals surface area contributed by atoms with Crippen LogP contribution in [0.1, 0.15) is 258 Å². The quantitative estimate of drug-likeness (QED) is 0.0377. The van der Waals surface area contributed by atoms with E-state index < -0.39 is 6.10 Å². The van der Waals surface area contributed by atoms with E-state index in [0.29, 0.717) is 13.0 Å². The molecule has 4 heteroatoms. The first-order valence-electron chi connectivity index (χ1n) is 25.9. The lowest BCUT2D eigenvalue weighted by molar-refractivity contribution is -0.154. The normalized spacial score (nSPS) is 12.8. The Kier molecular flexibility index (Phi) is 50.5. The number of aliphatic hydroxyl groups excluding tert-OH is 1. The van der Waals surface area contributed by atoms with Crippen LogP contribution in [0.4, 0.5) is 0 Å². The molecule has 0 aromatic rings. The van der Waals surface area contributed by atoms with Gasteiger partial charge in [-0.15, -0.1) is 0 Å². The highest BCUT2D eigenvalue weighted by Crippen LogP contribution is 2.16. The van der Waals surface area contributed by atoms with Gasteiger partial charge < -0.3 is 14.6 Å². The summed E-state index contributed by atoms with van der Waals surface area (Å²) >= 11 is 0. The van der Waals surface area contributed by atoms with Crippen LogP contribution in [0.5, 0.6) is 0 Å². The molecule has 0 aliphatic heterocycles. The van der Waals surface area contributed by atoms with Crippen molar-refractivity contribution >= 4 is 5.97 Å². The summed E-state index contributed by atoms with van der Waals surface area (Å²) in [7, 11) is 0. The summed E-state index contributed by atoms with van der Waals surface area (Å²) in [6.45, 7) is 5.23. The lowest BCUT2D eigenvalue weighted by Gasteiger charge is -2.15. The topological polar surface area (TPSA) is 55.8 Å². The Bertz CT molecular complexity index is 962. The minimum Gasteiger partial charge on any atom is -0.457 e. The Hall–Kier alpha value is -1.91. The van der Waals surface area contributed by atoms with Gasteiger partial charge in [-0.2, -0.15) is 0 Å². The van der Waals surface area contributed by atoms with Crippen LogP contribution >= 0.6 is 0 Å². The van der Waals surface area contributed by atoms with Crippen molar-refractivity contribution in [3.05, 3.63) is 60.8 Å². The van der Waals surface area contributed by atoms with E-state index in [1.54, 1.807) is 0 Å². The summed E-state index contributed by atoms with van der Waals surface area (Å²) in [4.78, 5) is 12.3. The number of esters is 1. The van der Waals surface area contributed by atoms with Gasteiger partial charge >= 0.3 is 5.97 Å². The molecular weight excluding hydrogens is 725 g/mol. The van der Waals surface area contributed by atoms with Gasteiger partial charge in [0.25, 0.3) is 0 Å². The lowest BCUT2D eigenvalue weighted by atomic mass is 10.0. The first kappa shape index (κ1) is 57.1. The number of hydrogen-bond donors (Lipinski definition) is 1. The van der Waals surface area contributed by atoms with Gasteiger partial charge in [0.2, 0.25) is 0 Å². The molecule has 0 amide bonds. The Morgan fingerprint density at radius 1 is 0.424 bits per heavy atom. The Labute approximate surface area is 368 Å². The smallest absolute Gasteiger partial charge is 0.306 e. The standard InChI is InChI=1S/C55H100O4/c1-3-5-7-9-11-13-15-17-19-21-23-25-27-28-29-30-32-34-36-38-40-42-44-46-48-50-55(57)59-54(52-56)53-58-51-49-47-45-43-41-39-37-35-33-31-26-24-22-20-18-16-14-12-10-8-6-4-2/h6,8,12,14,18,20,24,26,33,35,54,56H,3-5,7,9-11,13,15-17,19,21-23,25,27-32,34,36-53H2,1-2H3/b8-6-,14-12-,20-18-,26-24-,35-33-. The highest BCUT2D eigenvalue weighted by molar-refractivity contribution is 5.69. The van der Waals surface area contributed by atoms with Crippen LogP contribution in [-0.4, -0.2) is 37.0 Å². The van der Waals surface area contributed by atoms with Crippen LogP contribution < -0.4 is 0 Å². The summed E-state index contributed by atoms with van der Waals surface area (Å²) in [5.41, 5.74) is 0. The van der Waals surface area contributed by atoms with Crippen molar-refractivity contribution in [1.82, 2.24) is 0 Å². The fourth-order valence-electron chi connectivity index (χ4n) is 7.53. The molecule has 0 radical (unpaired) electrons. The van der Waals surface area contributed by atoms with Gasteiger partial charge in [0.15, 0.2) is 0 Å². The van der Waals surface area contributed by atoms with Crippen LogP contribution in [-0.2, 0) is 14.3 Å². The fraction of sp³-hybridized carbons (Fsp3) is 0.800. The Morgan fingerprint density at radius 3 is 1.15 bits per heavy atom. The van der Waals surface area contributed by atoms with E-state index in [-0.39, 0.29) is 19.2 Å². The van der Waals surface area contributed by atoms with Crippen molar-refractivity contribution in [2.45, 2.75) is 264 Å². The molecule has 0 rings (SSSR count). The second-order valence-electron chi connectivity index (χ2n) is 17.2. The van der Waals surface area contributed by atoms with Crippen molar-refractivity contribution < 1.29 is 19.4 Å². The van der Waals surface area contributed by atoms with E-state index in [4.69, 9.17) is 9.47 Å². The maximum absolute atomic E-state index is 12.3. The number of carbonyl (C=O) groups is 1. The molecule has 0 saturated heterocycles. The number of unbranched alkanes of at least 4 members (excludes halogenated alkanes) is 30. The van der Waals surface area contributed by atoms with Gasteiger partial charge in [-0.3, -0.25) is 4.79 Å². The molecule has 0 aromatic heterocycles. The number of aliphatic hydroxyl groups is 1. The van der Waals surface area contributed by atoms with E-state index in [1.807, 2.05) is 0 Å². The number of carbonyl (C=O) groups excluding carboxylic acids is 1. The van der Waals surface area contributed by atoms with E-state index >= 15 is 0 Å². The predicted molar refractivity (Wildman–Crippen MR) is 260 cm³/mol. The highest BCUT2D eigenvalue weighted by atomic mass is 16.6. The first-order valence-corrected chi connectivity index (χ1v) is 25.9. The molecule has 0 fully saturated rings. The summed E-state index contributed by atoms with van der Waals surface area (Å²) in [5, 5.41) is 9.65. The maximum Gasteiger partial charge on any atom is 0.306 e. The van der Waals surface area contributed by atoms with Gasteiger partial charge in [-0.05, 0) is 57.8 Å². The van der Waals surface area contributed by atoms with Gasteiger partial charge in [-0.25, -0.2) is 0 Å². The first-order chi connectivity index (χ1) is 29.2. The van der Waals surface area contributed by atoms with Crippen LogP contribution in [0.25, 0.3) is 0 Å². The largest absolute Gasteiger partial charge is 0.457 e. The summed E-state index contributed by atoms with van der Waals surface area (Å²) in [6, 6.07) is 0. The molecule has 1 N–H and O–H groups in total. The number of ether oxygens (including phenoxy) is 2. The average Bonchev–Trinajstić information content (AvgIpc) is 3.24. The monoisotopic (exact) mass is 825 g/mol. The van der Waals surface area contributed by atoms with Crippen molar-refractivity contribution in [2.75, 3.05) is 19.8 Å². The minimum absolute atomic E-state index is 0.177. The third kappa shape index (κ3) is 50.3. The Morgan fingerprint density at radius 2 is 0.763 bits per heavy atom. The average molecular weight is 825 g/mol. The van der Waals surface area contributed by atoms with Crippen molar-refractivity contribution in [1.29, 1.82) is 0 Å². The van der Waals surface area contributed by atoms with Gasteiger partial charge in [0, 0.05) is 13.0 Å². The molecule has 0 aliphatic carbocycles. The van der Waals surface area contributed by atoms with Crippen LogP contribution in [0, 0.1) is 0 Å². The zero-order valence-corrected chi connectivity index (χ0v) is 39.5. The van der Waals surface area contributed by atoms with Gasteiger partial charge in [0.1, 0.15) is 6.10 Å². The third-order valence-corrected chi connectivity index (χ3v) is 11.4. The molecule has 0 aliphatic rings. The zero-order valence-electron chi connectivity index (χ0n) is 39.5. The van der Waals surface area contributed by atoms with Crippen LogP contribution in [0.15, 0.2) is 60.8 Å². The summed E-state index contributed by atoms with van der Waals surface area (Å²) in [5.74, 6) is -0.202. The molecule has 0 spiro atoms. The second-order valence-corrected chi connectivity index (χ2v) is 17.2. The van der Waals surface area contributed by atoms with E-state index in [2.05, 4.69) is 74.6 Å². The molecule has 4 nitrogen and oxygen atoms in total. The number of allylic oxidation sites excluding steroid dienone is 10. The van der Waals surface area contributed by atoms with Crippen molar-refractivity contribution in [2.24, 2.45) is 0 Å². The molecule has 1 atom stereocenters. The van der Waals surface area contributed by atoms with Crippen LogP contribution in [0.3, 0.4) is 0 Å². The number of rotatable bonds is 48. The Balaban J connectivity index is 3.42. The molecule has 0 aromatic carbocycles. The molecule has 0 heterocycles. The molecule has 1 unspecified atom stereocenters. The molecular formula is C55H100O4. The SMILES string of the molecule is CC/C=C\C/C=C\C/C=C\C/C=C\C/C=C\CCCCCCCCOCC(CO)OC(=O)CCCCCCCCCCCCCCCCCCCCCCCCCCC. The van der Waals surface area contributed by atoms with Crippen molar-refractivity contribution in [3.8, 4) is 0 Å². The third-order valence-electron chi connectivity index (χ3n) is 11.4.